The molecule has 23 heavy (non-hydrogen) atoms. The minimum absolute atomic E-state index is 0.238. The number of halogens is 3. The average Bonchev–Trinajstić information content (AvgIpc) is 2.87. The first-order valence-electron chi connectivity index (χ1n) is 6.38. The van der Waals surface area contributed by atoms with Gasteiger partial charge in [0.25, 0.3) is 5.91 Å². The number of methoxy groups -OCH3 is 1. The van der Waals surface area contributed by atoms with E-state index < -0.39 is 5.91 Å². The molecule has 1 amide bonds. The number of aromatic nitrogens is 1. The van der Waals surface area contributed by atoms with E-state index in [1.54, 1.807) is 18.2 Å². The van der Waals surface area contributed by atoms with E-state index in [2.05, 4.69) is 10.3 Å². The molecular weight excluding hydrogens is 379 g/mol. The molecule has 1 heterocycles. The van der Waals surface area contributed by atoms with Gasteiger partial charge in [0.1, 0.15) is 5.75 Å². The predicted molar refractivity (Wildman–Crippen MR) is 95.6 cm³/mol. The fourth-order valence-corrected chi connectivity index (χ4v) is 3.76. The van der Waals surface area contributed by atoms with Crippen molar-refractivity contribution < 1.29 is 9.53 Å². The van der Waals surface area contributed by atoms with Crippen molar-refractivity contribution in [2.75, 3.05) is 12.4 Å². The van der Waals surface area contributed by atoms with Crippen LogP contribution in [0, 0.1) is 0 Å². The highest BCUT2D eigenvalue weighted by atomic mass is 35.5. The Morgan fingerprint density at radius 3 is 2.70 bits per heavy atom. The molecule has 0 saturated carbocycles. The number of fused-ring (bicyclic) bond motifs is 1. The number of amides is 1. The highest BCUT2D eigenvalue weighted by Gasteiger charge is 2.18. The molecule has 8 heteroatoms. The molecule has 1 N–H and O–H groups in total. The van der Waals surface area contributed by atoms with E-state index in [-0.39, 0.29) is 16.3 Å². The van der Waals surface area contributed by atoms with Gasteiger partial charge in [0, 0.05) is 10.0 Å². The lowest BCUT2D eigenvalue weighted by molar-refractivity contribution is 0.102. The number of ether oxygens (including phenoxy) is 1. The first kappa shape index (κ1) is 16.3. The summed E-state index contributed by atoms with van der Waals surface area (Å²) in [6, 6.07) is 8.33. The van der Waals surface area contributed by atoms with Gasteiger partial charge in [-0.1, -0.05) is 46.1 Å². The third-order valence-corrected chi connectivity index (χ3v) is 4.70. The molecule has 0 aliphatic carbocycles. The Balaban J connectivity index is 1.94. The van der Waals surface area contributed by atoms with Crippen LogP contribution in [0.1, 0.15) is 10.4 Å². The maximum Gasteiger partial charge on any atom is 0.261 e. The zero-order valence-corrected chi connectivity index (χ0v) is 14.8. The zero-order chi connectivity index (χ0) is 16.6. The van der Waals surface area contributed by atoms with Crippen molar-refractivity contribution in [3.8, 4) is 5.75 Å². The van der Waals surface area contributed by atoms with Crippen molar-refractivity contribution in [1.82, 2.24) is 4.98 Å². The number of nitrogens with one attached hydrogen (secondary N) is 1. The summed E-state index contributed by atoms with van der Waals surface area (Å²) >= 11 is 19.3. The van der Waals surface area contributed by atoms with Crippen LogP contribution in [-0.2, 0) is 0 Å². The molecule has 0 aliphatic heterocycles. The Morgan fingerprint density at radius 2 is 1.96 bits per heavy atom. The SMILES string of the molecule is COc1c(Cl)cc(Cl)cc1C(=O)Nc1nc2ccc(Cl)cc2s1. The molecule has 0 aliphatic rings. The van der Waals surface area contributed by atoms with Crippen molar-refractivity contribution in [3.05, 3.63) is 51.0 Å². The van der Waals surface area contributed by atoms with Gasteiger partial charge < -0.3 is 4.74 Å². The second kappa shape index (κ2) is 6.53. The van der Waals surface area contributed by atoms with Crippen LogP contribution in [0.2, 0.25) is 15.1 Å². The second-order valence-electron chi connectivity index (χ2n) is 4.55. The highest BCUT2D eigenvalue weighted by molar-refractivity contribution is 7.22. The smallest absolute Gasteiger partial charge is 0.261 e. The number of hydrogen-bond acceptors (Lipinski definition) is 4. The number of benzene rings is 2. The summed E-state index contributed by atoms with van der Waals surface area (Å²) in [5.41, 5.74) is 0.994. The molecule has 0 saturated heterocycles. The fourth-order valence-electron chi connectivity index (χ4n) is 2.05. The monoisotopic (exact) mass is 386 g/mol. The van der Waals surface area contributed by atoms with E-state index in [0.29, 0.717) is 15.2 Å². The molecule has 118 valence electrons. The van der Waals surface area contributed by atoms with E-state index in [0.717, 1.165) is 10.2 Å². The van der Waals surface area contributed by atoms with Crippen molar-refractivity contribution >= 4 is 67.4 Å². The van der Waals surface area contributed by atoms with Gasteiger partial charge in [-0.3, -0.25) is 10.1 Å². The van der Waals surface area contributed by atoms with Crippen molar-refractivity contribution in [2.24, 2.45) is 0 Å². The van der Waals surface area contributed by atoms with Crippen LogP contribution in [0.15, 0.2) is 30.3 Å². The first-order chi connectivity index (χ1) is 11.0. The van der Waals surface area contributed by atoms with Crippen LogP contribution in [0.3, 0.4) is 0 Å². The van der Waals surface area contributed by atoms with Crippen molar-refractivity contribution in [2.45, 2.75) is 0 Å². The van der Waals surface area contributed by atoms with Gasteiger partial charge in [0.05, 0.1) is 27.9 Å². The quantitative estimate of drug-likeness (QED) is 0.644. The number of carbonyl (C=O) groups excluding carboxylic acids is 1. The molecule has 0 atom stereocenters. The number of hydrogen-bond donors (Lipinski definition) is 1. The molecule has 0 spiro atoms. The highest BCUT2D eigenvalue weighted by Crippen LogP contribution is 2.33. The maximum atomic E-state index is 12.5. The molecular formula is C15H9Cl3N2O2S. The average molecular weight is 388 g/mol. The lowest BCUT2D eigenvalue weighted by Crippen LogP contribution is -2.13. The van der Waals surface area contributed by atoms with Crippen molar-refractivity contribution in [3.63, 3.8) is 0 Å². The second-order valence-corrected chi connectivity index (χ2v) is 6.86. The van der Waals surface area contributed by atoms with Crippen LogP contribution >= 0.6 is 46.1 Å². The van der Waals surface area contributed by atoms with Crippen LogP contribution in [-0.4, -0.2) is 18.0 Å². The molecule has 2 aromatic carbocycles. The van der Waals surface area contributed by atoms with E-state index in [1.807, 2.05) is 0 Å². The molecule has 0 radical (unpaired) electrons. The minimum atomic E-state index is -0.406. The first-order valence-corrected chi connectivity index (χ1v) is 8.33. The summed E-state index contributed by atoms with van der Waals surface area (Å²) < 4.78 is 6.06. The van der Waals surface area contributed by atoms with Gasteiger partial charge >= 0.3 is 0 Å². The molecule has 0 bridgehead atoms. The Bertz CT molecular complexity index is 911. The van der Waals surface area contributed by atoms with Gasteiger partial charge in [-0.25, -0.2) is 4.98 Å². The van der Waals surface area contributed by atoms with Gasteiger partial charge in [-0.05, 0) is 30.3 Å². The van der Waals surface area contributed by atoms with Gasteiger partial charge in [-0.2, -0.15) is 0 Å². The Morgan fingerprint density at radius 1 is 1.17 bits per heavy atom. The molecule has 1 aromatic heterocycles. The fraction of sp³-hybridized carbons (Fsp3) is 0.0667. The van der Waals surface area contributed by atoms with Crippen LogP contribution < -0.4 is 10.1 Å². The van der Waals surface area contributed by atoms with Gasteiger partial charge in [0.2, 0.25) is 0 Å². The van der Waals surface area contributed by atoms with E-state index in [4.69, 9.17) is 39.5 Å². The third-order valence-electron chi connectivity index (χ3n) is 3.03. The number of anilines is 1. The van der Waals surface area contributed by atoms with Crippen LogP contribution in [0.25, 0.3) is 10.2 Å². The third kappa shape index (κ3) is 3.38. The molecule has 0 unspecified atom stereocenters. The molecule has 3 aromatic rings. The van der Waals surface area contributed by atoms with Crippen molar-refractivity contribution in [1.29, 1.82) is 0 Å². The van der Waals surface area contributed by atoms with Crippen LogP contribution in [0.4, 0.5) is 5.13 Å². The Labute approximate surface area is 150 Å². The number of carbonyl (C=O) groups is 1. The maximum absolute atomic E-state index is 12.5. The zero-order valence-electron chi connectivity index (χ0n) is 11.7. The standard InChI is InChI=1S/C15H9Cl3N2O2S/c1-22-13-9(4-8(17)5-10(13)18)14(21)20-15-19-11-3-2-7(16)6-12(11)23-15/h2-6H,1H3,(H,19,20,21). The summed E-state index contributed by atoms with van der Waals surface area (Å²) in [6.07, 6.45) is 0. The summed E-state index contributed by atoms with van der Waals surface area (Å²) in [5, 5.41) is 4.40. The van der Waals surface area contributed by atoms with Gasteiger partial charge in [0.15, 0.2) is 5.13 Å². The molecule has 3 rings (SSSR count). The van der Waals surface area contributed by atoms with Crippen LogP contribution in [0.5, 0.6) is 5.75 Å². The van der Waals surface area contributed by atoms with Gasteiger partial charge in [-0.15, -0.1) is 0 Å². The summed E-state index contributed by atoms with van der Waals surface area (Å²) in [7, 11) is 1.44. The Hall–Kier alpha value is -1.53. The van der Waals surface area contributed by atoms with E-state index >= 15 is 0 Å². The predicted octanol–water partition coefficient (Wildman–Crippen LogP) is 5.52. The minimum Gasteiger partial charge on any atom is -0.494 e. The molecule has 4 nitrogen and oxygen atoms in total. The topological polar surface area (TPSA) is 51.2 Å². The Kier molecular flexibility index (Phi) is 4.64. The van der Waals surface area contributed by atoms with E-state index in [1.165, 1.54) is 30.6 Å². The number of thiazole rings is 1. The molecule has 0 fully saturated rings. The number of rotatable bonds is 3. The summed E-state index contributed by atoms with van der Waals surface area (Å²) in [4.78, 5) is 16.8. The lowest BCUT2D eigenvalue weighted by Gasteiger charge is -2.10. The normalized spacial score (nSPS) is 10.8. The summed E-state index contributed by atoms with van der Waals surface area (Å²) in [5.74, 6) is -0.144. The number of nitrogens with zero attached hydrogens (tertiary/aromatic N) is 1. The largest absolute Gasteiger partial charge is 0.494 e. The van der Waals surface area contributed by atoms with E-state index in [9.17, 15) is 4.79 Å². The summed E-state index contributed by atoms with van der Waals surface area (Å²) in [6.45, 7) is 0. The lowest BCUT2D eigenvalue weighted by atomic mass is 10.2.